The molecule has 0 bridgehead atoms. The van der Waals surface area contributed by atoms with Crippen LogP contribution >= 0.6 is 15.9 Å². The Kier molecular flexibility index (Phi) is 4.07. The van der Waals surface area contributed by atoms with Crippen molar-refractivity contribution in [3.05, 3.63) is 28.2 Å². The minimum atomic E-state index is -0.993. The number of anilines is 1. The Morgan fingerprint density at radius 2 is 2.17 bits per heavy atom. The first-order valence-corrected chi connectivity index (χ1v) is 7.09. The molecule has 18 heavy (non-hydrogen) atoms. The van der Waals surface area contributed by atoms with E-state index >= 15 is 0 Å². The topological polar surface area (TPSA) is 40.5 Å². The second-order valence-electron chi connectivity index (χ2n) is 5.13. The summed E-state index contributed by atoms with van der Waals surface area (Å²) in [5.74, 6) is 0.432. The van der Waals surface area contributed by atoms with Gasteiger partial charge >= 0.3 is 0 Å². The zero-order valence-corrected chi connectivity index (χ0v) is 12.3. The summed E-state index contributed by atoms with van der Waals surface area (Å²) >= 11 is 3.40. The van der Waals surface area contributed by atoms with Crippen molar-refractivity contribution in [3.8, 4) is 0 Å². The van der Waals surface area contributed by atoms with Gasteiger partial charge in [0.1, 0.15) is 0 Å². The molecule has 0 saturated carbocycles. The van der Waals surface area contributed by atoms with Gasteiger partial charge in [0.15, 0.2) is 6.10 Å². The fourth-order valence-corrected chi connectivity index (χ4v) is 2.62. The van der Waals surface area contributed by atoms with Crippen molar-refractivity contribution < 1.29 is 9.90 Å². The molecule has 3 nitrogen and oxygen atoms in total. The minimum absolute atomic E-state index is 0.202. The number of rotatable bonds is 4. The lowest BCUT2D eigenvalue weighted by Gasteiger charge is -2.18. The molecule has 0 fully saturated rings. The second kappa shape index (κ2) is 5.41. The van der Waals surface area contributed by atoms with Crippen molar-refractivity contribution in [2.24, 2.45) is 5.92 Å². The van der Waals surface area contributed by atoms with Crippen LogP contribution in [-0.4, -0.2) is 17.6 Å². The highest BCUT2D eigenvalue weighted by atomic mass is 79.9. The summed E-state index contributed by atoms with van der Waals surface area (Å²) in [4.78, 5) is 13.7. The van der Waals surface area contributed by atoms with E-state index in [0.29, 0.717) is 18.0 Å². The number of halogens is 1. The van der Waals surface area contributed by atoms with Crippen LogP contribution < -0.4 is 4.90 Å². The Morgan fingerprint density at radius 1 is 1.44 bits per heavy atom. The van der Waals surface area contributed by atoms with Crippen LogP contribution in [0.3, 0.4) is 0 Å². The van der Waals surface area contributed by atoms with Crippen LogP contribution in [0.2, 0.25) is 0 Å². The first-order chi connectivity index (χ1) is 8.50. The van der Waals surface area contributed by atoms with Gasteiger partial charge in [0.2, 0.25) is 0 Å². The number of benzene rings is 1. The SMILES string of the molecule is CC(C)CCCN1C(=O)C(O)c2ccc(Br)cc21. The number of aliphatic hydroxyl groups excluding tert-OH is 1. The van der Waals surface area contributed by atoms with E-state index in [1.54, 1.807) is 4.90 Å². The molecule has 98 valence electrons. The predicted molar refractivity (Wildman–Crippen MR) is 75.5 cm³/mol. The van der Waals surface area contributed by atoms with Crippen molar-refractivity contribution in [2.75, 3.05) is 11.4 Å². The van der Waals surface area contributed by atoms with Crippen LogP contribution in [0.1, 0.15) is 38.4 Å². The number of hydrogen-bond acceptors (Lipinski definition) is 2. The van der Waals surface area contributed by atoms with Crippen molar-refractivity contribution in [2.45, 2.75) is 32.8 Å². The summed E-state index contributed by atoms with van der Waals surface area (Å²) in [7, 11) is 0. The molecule has 1 heterocycles. The molecule has 0 spiro atoms. The van der Waals surface area contributed by atoms with E-state index in [0.717, 1.165) is 23.0 Å². The Balaban J connectivity index is 2.17. The average molecular weight is 312 g/mol. The fourth-order valence-electron chi connectivity index (χ4n) is 2.27. The summed E-state index contributed by atoms with van der Waals surface area (Å²) in [5.41, 5.74) is 1.55. The number of amides is 1. The molecule has 1 aliphatic heterocycles. The van der Waals surface area contributed by atoms with Gasteiger partial charge < -0.3 is 10.0 Å². The van der Waals surface area contributed by atoms with E-state index in [9.17, 15) is 9.90 Å². The average Bonchev–Trinajstić information content (AvgIpc) is 2.53. The van der Waals surface area contributed by atoms with E-state index in [4.69, 9.17) is 0 Å². The quantitative estimate of drug-likeness (QED) is 0.927. The normalized spacial score (nSPS) is 18.6. The molecule has 0 aromatic heterocycles. The molecule has 4 heteroatoms. The first kappa shape index (κ1) is 13.6. The van der Waals surface area contributed by atoms with E-state index in [2.05, 4.69) is 29.8 Å². The van der Waals surface area contributed by atoms with Crippen molar-refractivity contribution >= 4 is 27.5 Å². The summed E-state index contributed by atoms with van der Waals surface area (Å²) in [5, 5.41) is 9.91. The molecule has 0 aliphatic carbocycles. The molecule has 1 N–H and O–H groups in total. The maximum absolute atomic E-state index is 12.0. The molecule has 0 radical (unpaired) electrons. The maximum Gasteiger partial charge on any atom is 0.260 e. The van der Waals surface area contributed by atoms with Crippen molar-refractivity contribution in [3.63, 3.8) is 0 Å². The molecule has 1 aromatic rings. The van der Waals surface area contributed by atoms with Crippen molar-refractivity contribution in [1.82, 2.24) is 0 Å². The third-order valence-electron chi connectivity index (χ3n) is 3.24. The Morgan fingerprint density at radius 3 is 2.83 bits per heavy atom. The van der Waals surface area contributed by atoms with Gasteiger partial charge in [-0.15, -0.1) is 0 Å². The van der Waals surface area contributed by atoms with E-state index in [1.807, 2.05) is 18.2 Å². The van der Waals surface area contributed by atoms with Crippen LogP contribution in [-0.2, 0) is 4.79 Å². The Hall–Kier alpha value is -0.870. The molecule has 1 aromatic carbocycles. The predicted octanol–water partition coefficient (Wildman–Crippen LogP) is 3.27. The van der Waals surface area contributed by atoms with Gasteiger partial charge in [-0.3, -0.25) is 4.79 Å². The van der Waals surface area contributed by atoms with Gasteiger partial charge in [-0.05, 0) is 30.9 Å². The fraction of sp³-hybridized carbons (Fsp3) is 0.500. The van der Waals surface area contributed by atoms with E-state index in [1.165, 1.54) is 0 Å². The standard InChI is InChI=1S/C14H18BrNO2/c1-9(2)4-3-7-16-12-8-10(15)5-6-11(12)13(17)14(16)18/h5-6,8-9,13,17H,3-4,7H2,1-2H3. The number of nitrogens with zero attached hydrogens (tertiary/aromatic N) is 1. The van der Waals surface area contributed by atoms with Crippen LogP contribution in [0, 0.1) is 5.92 Å². The smallest absolute Gasteiger partial charge is 0.260 e. The molecular weight excluding hydrogens is 294 g/mol. The van der Waals surface area contributed by atoms with Gasteiger partial charge in [0, 0.05) is 16.6 Å². The Bertz CT molecular complexity index is 459. The zero-order chi connectivity index (χ0) is 13.3. The highest BCUT2D eigenvalue weighted by Gasteiger charge is 2.35. The van der Waals surface area contributed by atoms with Crippen LogP contribution in [0.25, 0.3) is 0 Å². The highest BCUT2D eigenvalue weighted by Crippen LogP contribution is 2.37. The summed E-state index contributed by atoms with van der Waals surface area (Å²) < 4.78 is 0.928. The maximum atomic E-state index is 12.0. The lowest BCUT2D eigenvalue weighted by molar-refractivity contribution is -0.125. The van der Waals surface area contributed by atoms with Crippen LogP contribution in [0.15, 0.2) is 22.7 Å². The molecule has 2 rings (SSSR count). The lowest BCUT2D eigenvalue weighted by atomic mass is 10.1. The number of aliphatic hydroxyl groups is 1. The van der Waals surface area contributed by atoms with E-state index < -0.39 is 6.10 Å². The van der Waals surface area contributed by atoms with Gasteiger partial charge in [-0.25, -0.2) is 0 Å². The molecule has 1 amide bonds. The first-order valence-electron chi connectivity index (χ1n) is 6.29. The lowest BCUT2D eigenvalue weighted by Crippen LogP contribution is -2.29. The van der Waals surface area contributed by atoms with Crippen molar-refractivity contribution in [1.29, 1.82) is 0 Å². The number of fused-ring (bicyclic) bond motifs is 1. The van der Waals surface area contributed by atoms with Gasteiger partial charge in [-0.2, -0.15) is 0 Å². The minimum Gasteiger partial charge on any atom is -0.378 e. The molecule has 1 atom stereocenters. The molecule has 0 saturated heterocycles. The molecular formula is C14H18BrNO2. The molecule has 1 unspecified atom stereocenters. The Labute approximate surface area is 116 Å². The number of carbonyl (C=O) groups excluding carboxylic acids is 1. The summed E-state index contributed by atoms with van der Waals surface area (Å²) in [6.07, 6.45) is 1.05. The summed E-state index contributed by atoms with van der Waals surface area (Å²) in [6.45, 7) is 5.02. The third-order valence-corrected chi connectivity index (χ3v) is 3.73. The number of carbonyl (C=O) groups is 1. The van der Waals surface area contributed by atoms with Crippen LogP contribution in [0.4, 0.5) is 5.69 Å². The van der Waals surface area contributed by atoms with Gasteiger partial charge in [-0.1, -0.05) is 35.8 Å². The van der Waals surface area contributed by atoms with Crippen LogP contribution in [0.5, 0.6) is 0 Å². The van der Waals surface area contributed by atoms with E-state index in [-0.39, 0.29) is 5.91 Å². The highest BCUT2D eigenvalue weighted by molar-refractivity contribution is 9.10. The second-order valence-corrected chi connectivity index (χ2v) is 6.05. The summed E-state index contributed by atoms with van der Waals surface area (Å²) in [6, 6.07) is 5.57. The zero-order valence-electron chi connectivity index (χ0n) is 10.7. The molecule has 1 aliphatic rings. The monoisotopic (exact) mass is 311 g/mol. The largest absolute Gasteiger partial charge is 0.378 e. The van der Waals surface area contributed by atoms with Gasteiger partial charge in [0.25, 0.3) is 5.91 Å². The van der Waals surface area contributed by atoms with Gasteiger partial charge in [0.05, 0.1) is 5.69 Å². The number of hydrogen-bond donors (Lipinski definition) is 1. The third kappa shape index (κ3) is 2.59.